The highest BCUT2D eigenvalue weighted by Crippen LogP contribution is 2.29. The van der Waals surface area contributed by atoms with Gasteiger partial charge in [-0.05, 0) is 31.9 Å². The molecule has 1 aromatic carbocycles. The first-order valence-electron chi connectivity index (χ1n) is 10.2. The van der Waals surface area contributed by atoms with Crippen LogP contribution in [0.4, 0.5) is 5.69 Å². The van der Waals surface area contributed by atoms with Crippen LogP contribution >= 0.6 is 0 Å². The van der Waals surface area contributed by atoms with E-state index >= 15 is 0 Å². The Bertz CT molecular complexity index is 819. The summed E-state index contributed by atoms with van der Waals surface area (Å²) >= 11 is 0. The van der Waals surface area contributed by atoms with E-state index < -0.39 is 10.0 Å². The molecule has 0 atom stereocenters. The lowest BCUT2D eigenvalue weighted by Crippen LogP contribution is -2.56. The van der Waals surface area contributed by atoms with Crippen LogP contribution < -0.4 is 14.9 Å². The van der Waals surface area contributed by atoms with Crippen molar-refractivity contribution in [2.75, 3.05) is 63.0 Å². The summed E-state index contributed by atoms with van der Waals surface area (Å²) in [6, 6.07) is 7.70. The fourth-order valence-corrected chi connectivity index (χ4v) is 5.23. The van der Waals surface area contributed by atoms with Gasteiger partial charge in [-0.15, -0.1) is 0 Å². The zero-order chi connectivity index (χ0) is 20.9. The van der Waals surface area contributed by atoms with Crippen molar-refractivity contribution in [3.05, 3.63) is 29.8 Å². The van der Waals surface area contributed by atoms with E-state index in [1.807, 2.05) is 24.3 Å². The summed E-state index contributed by atoms with van der Waals surface area (Å²) in [7, 11) is -1.68. The minimum atomic E-state index is -3.37. The lowest BCUT2D eigenvalue weighted by Gasteiger charge is -2.41. The highest BCUT2D eigenvalue weighted by Gasteiger charge is 2.30. The Balaban J connectivity index is 1.48. The minimum absolute atomic E-state index is 0.0227. The summed E-state index contributed by atoms with van der Waals surface area (Å²) in [5.74, 6) is 0.637. The van der Waals surface area contributed by atoms with Gasteiger partial charge in [0.2, 0.25) is 10.0 Å². The lowest BCUT2D eigenvalue weighted by atomic mass is 10.0. The van der Waals surface area contributed by atoms with Crippen LogP contribution in [0.25, 0.3) is 0 Å². The van der Waals surface area contributed by atoms with Crippen molar-refractivity contribution in [1.82, 2.24) is 15.5 Å². The highest BCUT2D eigenvalue weighted by molar-refractivity contribution is 7.92. The maximum Gasteiger partial charge on any atom is 0.236 e. The fourth-order valence-electron chi connectivity index (χ4n) is 3.81. The molecule has 2 aliphatic heterocycles. The van der Waals surface area contributed by atoms with Gasteiger partial charge in [0.25, 0.3) is 0 Å². The standard InChI is InChI=1S/C20H33N5O3S/c1-20(2,24-11-13-28-14-12-24)16-23-19(21-3)22-9-15-29(26,27)25-10-8-17-6-4-5-7-18(17)25/h4-7H,8-16H2,1-3H3,(H2,21,22,23). The molecule has 0 spiro atoms. The lowest BCUT2D eigenvalue weighted by molar-refractivity contribution is -0.00833. The van der Waals surface area contributed by atoms with Gasteiger partial charge in [-0.2, -0.15) is 0 Å². The van der Waals surface area contributed by atoms with Crippen LogP contribution in [-0.4, -0.2) is 83.6 Å². The molecule has 9 heteroatoms. The summed E-state index contributed by atoms with van der Waals surface area (Å²) in [5, 5.41) is 6.46. The number of rotatable bonds is 7. The van der Waals surface area contributed by atoms with Crippen LogP contribution in [0.1, 0.15) is 19.4 Å². The second-order valence-corrected chi connectivity index (χ2v) is 10.0. The number of hydrogen-bond acceptors (Lipinski definition) is 5. The molecule has 2 N–H and O–H groups in total. The average Bonchev–Trinajstić information content (AvgIpc) is 3.16. The number of guanidine groups is 1. The summed E-state index contributed by atoms with van der Waals surface area (Å²) in [5.41, 5.74) is 1.85. The Morgan fingerprint density at radius 2 is 1.90 bits per heavy atom. The number of para-hydroxylation sites is 1. The molecule has 0 aliphatic carbocycles. The van der Waals surface area contributed by atoms with Crippen molar-refractivity contribution in [2.45, 2.75) is 25.8 Å². The molecule has 1 saturated heterocycles. The number of aliphatic imine (C=N–C) groups is 1. The van der Waals surface area contributed by atoms with E-state index in [4.69, 9.17) is 4.74 Å². The van der Waals surface area contributed by atoms with Crippen molar-refractivity contribution in [2.24, 2.45) is 4.99 Å². The normalized spacial score (nSPS) is 18.6. The molecule has 0 bridgehead atoms. The van der Waals surface area contributed by atoms with Gasteiger partial charge in [-0.25, -0.2) is 8.42 Å². The Morgan fingerprint density at radius 3 is 2.62 bits per heavy atom. The first-order chi connectivity index (χ1) is 13.8. The molecule has 2 aliphatic rings. The number of nitrogens with zero attached hydrogens (tertiary/aromatic N) is 3. The maximum absolute atomic E-state index is 12.8. The minimum Gasteiger partial charge on any atom is -0.379 e. The molecular weight excluding hydrogens is 390 g/mol. The number of morpholine rings is 1. The molecule has 3 rings (SSSR count). The number of ether oxygens (including phenoxy) is 1. The molecule has 0 amide bonds. The van der Waals surface area contributed by atoms with E-state index in [1.165, 1.54) is 4.31 Å². The molecular formula is C20H33N5O3S. The number of anilines is 1. The molecule has 29 heavy (non-hydrogen) atoms. The first-order valence-corrected chi connectivity index (χ1v) is 11.8. The van der Waals surface area contributed by atoms with Crippen LogP contribution in [0.3, 0.4) is 0 Å². The highest BCUT2D eigenvalue weighted by atomic mass is 32.2. The first kappa shape index (κ1) is 21.9. The third-order valence-corrected chi connectivity index (χ3v) is 7.38. The summed E-state index contributed by atoms with van der Waals surface area (Å²) in [4.78, 5) is 6.63. The van der Waals surface area contributed by atoms with Crippen LogP contribution in [0, 0.1) is 0 Å². The third-order valence-electron chi connectivity index (χ3n) is 5.61. The van der Waals surface area contributed by atoms with Crippen LogP contribution in [0.15, 0.2) is 29.3 Å². The zero-order valence-electron chi connectivity index (χ0n) is 17.6. The molecule has 8 nitrogen and oxygen atoms in total. The molecule has 1 aromatic rings. The monoisotopic (exact) mass is 423 g/mol. The van der Waals surface area contributed by atoms with E-state index in [1.54, 1.807) is 7.05 Å². The maximum atomic E-state index is 12.8. The Labute approximate surface area is 174 Å². The number of benzene rings is 1. The van der Waals surface area contributed by atoms with Crippen LogP contribution in [-0.2, 0) is 21.2 Å². The number of hydrogen-bond donors (Lipinski definition) is 2. The Hall–Kier alpha value is -1.84. The van der Waals surface area contributed by atoms with E-state index in [2.05, 4.69) is 34.4 Å². The van der Waals surface area contributed by atoms with Gasteiger partial charge in [-0.3, -0.25) is 14.2 Å². The molecule has 2 heterocycles. The molecule has 0 aromatic heterocycles. The fraction of sp³-hybridized carbons (Fsp3) is 0.650. The van der Waals surface area contributed by atoms with Crippen molar-refractivity contribution in [3.8, 4) is 0 Å². The van der Waals surface area contributed by atoms with Gasteiger partial charge in [0.05, 0.1) is 24.7 Å². The summed E-state index contributed by atoms with van der Waals surface area (Å²) in [6.07, 6.45) is 0.767. The molecule has 162 valence electrons. The van der Waals surface area contributed by atoms with Crippen molar-refractivity contribution >= 4 is 21.7 Å². The predicted molar refractivity (Wildman–Crippen MR) is 117 cm³/mol. The van der Waals surface area contributed by atoms with E-state index in [0.717, 1.165) is 44.0 Å². The number of sulfonamides is 1. The Morgan fingerprint density at radius 1 is 1.17 bits per heavy atom. The molecule has 0 unspecified atom stereocenters. The van der Waals surface area contributed by atoms with Gasteiger partial charge in [0.1, 0.15) is 0 Å². The second kappa shape index (κ2) is 9.32. The zero-order valence-corrected chi connectivity index (χ0v) is 18.5. The summed E-state index contributed by atoms with van der Waals surface area (Å²) < 4.78 is 32.6. The molecule has 0 radical (unpaired) electrons. The Kier molecular flexibility index (Phi) is 7.02. The van der Waals surface area contributed by atoms with Crippen molar-refractivity contribution < 1.29 is 13.2 Å². The molecule has 1 fully saturated rings. The van der Waals surface area contributed by atoms with E-state index in [-0.39, 0.29) is 11.3 Å². The van der Waals surface area contributed by atoms with Crippen LogP contribution in [0.5, 0.6) is 0 Å². The predicted octanol–water partition coefficient (Wildman–Crippen LogP) is 0.655. The van der Waals surface area contributed by atoms with Gasteiger partial charge >= 0.3 is 0 Å². The van der Waals surface area contributed by atoms with Gasteiger partial charge < -0.3 is 15.4 Å². The van der Waals surface area contributed by atoms with Crippen molar-refractivity contribution in [3.63, 3.8) is 0 Å². The van der Waals surface area contributed by atoms with Crippen LogP contribution in [0.2, 0.25) is 0 Å². The second-order valence-electron chi connectivity index (χ2n) is 8.03. The van der Waals surface area contributed by atoms with Gasteiger partial charge in [-0.1, -0.05) is 18.2 Å². The number of nitrogens with one attached hydrogen (secondary N) is 2. The topological polar surface area (TPSA) is 86.3 Å². The average molecular weight is 424 g/mol. The number of fused-ring (bicyclic) bond motifs is 1. The smallest absolute Gasteiger partial charge is 0.236 e. The van der Waals surface area contributed by atoms with Gasteiger partial charge in [0.15, 0.2) is 5.96 Å². The summed E-state index contributed by atoms with van der Waals surface area (Å²) in [6.45, 7) is 9.25. The van der Waals surface area contributed by atoms with Gasteiger partial charge in [0, 0.05) is 45.3 Å². The van der Waals surface area contributed by atoms with E-state index in [0.29, 0.717) is 25.6 Å². The van der Waals surface area contributed by atoms with Crippen molar-refractivity contribution in [1.29, 1.82) is 0 Å². The largest absolute Gasteiger partial charge is 0.379 e. The SMILES string of the molecule is CN=C(NCCS(=O)(=O)N1CCc2ccccc21)NCC(C)(C)N1CCOCC1. The molecule has 0 saturated carbocycles. The third kappa shape index (κ3) is 5.40. The van der Waals surface area contributed by atoms with E-state index in [9.17, 15) is 8.42 Å². The quantitative estimate of drug-likeness (QED) is 0.495.